The highest BCUT2D eigenvalue weighted by molar-refractivity contribution is 5.36. The molecule has 1 heterocycles. The normalized spacial score (nSPS) is 21.0. The fourth-order valence-corrected chi connectivity index (χ4v) is 2.47. The second kappa shape index (κ2) is 5.36. The van der Waals surface area contributed by atoms with Crippen LogP contribution in [0.3, 0.4) is 0 Å². The molecule has 20 heavy (non-hydrogen) atoms. The van der Waals surface area contributed by atoms with Crippen molar-refractivity contribution in [1.29, 1.82) is 0 Å². The van der Waals surface area contributed by atoms with Gasteiger partial charge in [0.25, 0.3) is 0 Å². The molecule has 1 aromatic carbocycles. The zero-order valence-electron chi connectivity index (χ0n) is 11.0. The van der Waals surface area contributed by atoms with Crippen molar-refractivity contribution >= 4 is 0 Å². The summed E-state index contributed by atoms with van der Waals surface area (Å²) in [6.07, 6.45) is 2.67. The Balaban J connectivity index is 1.77. The lowest BCUT2D eigenvalue weighted by Gasteiger charge is -2.19. The van der Waals surface area contributed by atoms with Crippen LogP contribution in [0.15, 0.2) is 53.5 Å². The minimum Gasteiger partial charge on any atom is -0.489 e. The minimum atomic E-state index is -0.707. The second-order valence-electron chi connectivity index (χ2n) is 4.87. The van der Waals surface area contributed by atoms with Crippen molar-refractivity contribution in [3.05, 3.63) is 69.2 Å². The Bertz CT molecular complexity index is 577. The number of nitro groups is 1. The molecule has 1 saturated heterocycles. The summed E-state index contributed by atoms with van der Waals surface area (Å²) in [6.45, 7) is 0.977. The smallest absolute Gasteiger partial charge is 0.239 e. The van der Waals surface area contributed by atoms with Gasteiger partial charge in [-0.2, -0.15) is 0 Å². The third kappa shape index (κ3) is 2.52. The molecule has 1 aromatic rings. The summed E-state index contributed by atoms with van der Waals surface area (Å²) in [6, 6.07) is 9.04. The van der Waals surface area contributed by atoms with Gasteiger partial charge in [0, 0.05) is 16.9 Å². The first-order chi connectivity index (χ1) is 9.74. The van der Waals surface area contributed by atoms with E-state index in [4.69, 9.17) is 9.47 Å². The number of hydrogen-bond acceptors (Lipinski definition) is 4. The number of allylic oxidation sites excluding steroid dienone is 1. The Morgan fingerprint density at radius 3 is 2.90 bits per heavy atom. The van der Waals surface area contributed by atoms with E-state index < -0.39 is 6.04 Å². The molecule has 1 atom stereocenters. The molecule has 5 heteroatoms. The molecule has 1 unspecified atom stereocenters. The number of benzene rings is 1. The summed E-state index contributed by atoms with van der Waals surface area (Å²) in [7, 11) is 0. The van der Waals surface area contributed by atoms with E-state index in [1.165, 1.54) is 0 Å². The molecule has 0 amide bonds. The largest absolute Gasteiger partial charge is 0.489 e. The molecule has 0 saturated carbocycles. The zero-order chi connectivity index (χ0) is 13.9. The van der Waals surface area contributed by atoms with Crippen LogP contribution < -0.4 is 0 Å². The van der Waals surface area contributed by atoms with Crippen molar-refractivity contribution in [2.75, 3.05) is 6.61 Å². The molecule has 0 aromatic heterocycles. The molecule has 1 aliphatic heterocycles. The number of rotatable bonds is 4. The second-order valence-corrected chi connectivity index (χ2v) is 4.87. The van der Waals surface area contributed by atoms with Gasteiger partial charge >= 0.3 is 0 Å². The van der Waals surface area contributed by atoms with Crippen LogP contribution in [0.5, 0.6) is 0 Å². The SMILES string of the molecule is O=[N+]([O-])C1C=C2CCOC2=C(OCc2ccccc2)C1. The molecule has 0 bridgehead atoms. The van der Waals surface area contributed by atoms with Crippen LogP contribution in [0.4, 0.5) is 0 Å². The van der Waals surface area contributed by atoms with Crippen molar-refractivity contribution in [1.82, 2.24) is 0 Å². The fraction of sp³-hybridized carbons (Fsp3) is 0.333. The van der Waals surface area contributed by atoms with Gasteiger partial charge in [-0.1, -0.05) is 30.3 Å². The zero-order valence-corrected chi connectivity index (χ0v) is 11.0. The topological polar surface area (TPSA) is 61.6 Å². The maximum atomic E-state index is 11.0. The molecular formula is C15H15NO4. The maximum absolute atomic E-state index is 11.0. The molecule has 0 radical (unpaired) electrons. The van der Waals surface area contributed by atoms with E-state index in [-0.39, 0.29) is 11.3 Å². The van der Waals surface area contributed by atoms with Gasteiger partial charge in [0.15, 0.2) is 5.76 Å². The van der Waals surface area contributed by atoms with E-state index in [2.05, 4.69) is 0 Å². The summed E-state index contributed by atoms with van der Waals surface area (Å²) in [4.78, 5) is 10.7. The van der Waals surface area contributed by atoms with Crippen molar-refractivity contribution in [2.45, 2.75) is 25.5 Å². The Hall–Kier alpha value is -2.30. The maximum Gasteiger partial charge on any atom is 0.239 e. The van der Waals surface area contributed by atoms with Gasteiger partial charge in [0.05, 0.1) is 13.0 Å². The first kappa shape index (κ1) is 12.7. The van der Waals surface area contributed by atoms with Crippen LogP contribution in [0.25, 0.3) is 0 Å². The predicted molar refractivity (Wildman–Crippen MR) is 72.3 cm³/mol. The Labute approximate surface area is 116 Å². The molecular weight excluding hydrogens is 258 g/mol. The number of nitrogens with zero attached hydrogens (tertiary/aromatic N) is 1. The highest BCUT2D eigenvalue weighted by Gasteiger charge is 2.33. The number of hydrogen-bond donors (Lipinski definition) is 0. The third-order valence-electron chi connectivity index (χ3n) is 3.48. The summed E-state index contributed by atoms with van der Waals surface area (Å²) in [5.74, 6) is 1.31. The Kier molecular flexibility index (Phi) is 3.41. The van der Waals surface area contributed by atoms with Crippen LogP contribution in [0.2, 0.25) is 0 Å². The minimum absolute atomic E-state index is 0.263. The molecule has 1 fully saturated rings. The van der Waals surface area contributed by atoms with Gasteiger partial charge in [-0.3, -0.25) is 10.1 Å². The van der Waals surface area contributed by atoms with E-state index in [9.17, 15) is 10.1 Å². The van der Waals surface area contributed by atoms with Gasteiger partial charge in [-0.05, 0) is 11.6 Å². The lowest BCUT2D eigenvalue weighted by atomic mass is 9.99. The van der Waals surface area contributed by atoms with Gasteiger partial charge in [0.1, 0.15) is 12.4 Å². The molecule has 0 spiro atoms. The van der Waals surface area contributed by atoms with Crippen LogP contribution in [0, 0.1) is 10.1 Å². The van der Waals surface area contributed by atoms with Crippen molar-refractivity contribution < 1.29 is 14.4 Å². The summed E-state index contributed by atoms with van der Waals surface area (Å²) >= 11 is 0. The van der Waals surface area contributed by atoms with Gasteiger partial charge < -0.3 is 9.47 Å². The molecule has 3 rings (SSSR count). The standard InChI is InChI=1S/C15H15NO4/c17-16(18)13-8-12-6-7-19-15(12)14(9-13)20-10-11-4-2-1-3-5-11/h1-5,8,13H,6-7,9-10H2. The van der Waals surface area contributed by atoms with Gasteiger partial charge in [-0.15, -0.1) is 0 Å². The fourth-order valence-electron chi connectivity index (χ4n) is 2.47. The monoisotopic (exact) mass is 273 g/mol. The van der Waals surface area contributed by atoms with Crippen molar-refractivity contribution in [2.24, 2.45) is 0 Å². The number of ether oxygens (including phenoxy) is 2. The van der Waals surface area contributed by atoms with E-state index in [1.807, 2.05) is 30.3 Å². The van der Waals surface area contributed by atoms with Gasteiger partial charge in [-0.25, -0.2) is 0 Å². The van der Waals surface area contributed by atoms with E-state index in [1.54, 1.807) is 6.08 Å². The lowest BCUT2D eigenvalue weighted by molar-refractivity contribution is -0.509. The van der Waals surface area contributed by atoms with E-state index >= 15 is 0 Å². The van der Waals surface area contributed by atoms with Crippen LogP contribution >= 0.6 is 0 Å². The Morgan fingerprint density at radius 2 is 2.15 bits per heavy atom. The highest BCUT2D eigenvalue weighted by Crippen LogP contribution is 2.35. The van der Waals surface area contributed by atoms with E-state index in [0.717, 1.165) is 17.6 Å². The molecule has 5 nitrogen and oxygen atoms in total. The quantitative estimate of drug-likeness (QED) is 0.625. The highest BCUT2D eigenvalue weighted by atomic mass is 16.6. The number of fused-ring (bicyclic) bond motifs is 1. The lowest BCUT2D eigenvalue weighted by Crippen LogP contribution is -2.22. The van der Waals surface area contributed by atoms with Crippen LogP contribution in [-0.2, 0) is 16.1 Å². The third-order valence-corrected chi connectivity index (χ3v) is 3.48. The summed E-state index contributed by atoms with van der Waals surface area (Å²) < 4.78 is 11.3. The summed E-state index contributed by atoms with van der Waals surface area (Å²) in [5, 5.41) is 11.0. The van der Waals surface area contributed by atoms with E-state index in [0.29, 0.717) is 24.7 Å². The average Bonchev–Trinajstić information content (AvgIpc) is 2.94. The predicted octanol–water partition coefficient (Wildman–Crippen LogP) is 2.81. The first-order valence-electron chi connectivity index (χ1n) is 6.61. The van der Waals surface area contributed by atoms with Crippen LogP contribution in [-0.4, -0.2) is 17.6 Å². The molecule has 1 aliphatic carbocycles. The first-order valence-corrected chi connectivity index (χ1v) is 6.61. The molecule has 0 N–H and O–H groups in total. The van der Waals surface area contributed by atoms with Gasteiger partial charge in [0.2, 0.25) is 6.04 Å². The molecule has 104 valence electrons. The Morgan fingerprint density at radius 1 is 1.35 bits per heavy atom. The van der Waals surface area contributed by atoms with Crippen molar-refractivity contribution in [3.8, 4) is 0 Å². The average molecular weight is 273 g/mol. The molecule has 2 aliphatic rings. The van der Waals surface area contributed by atoms with Crippen molar-refractivity contribution in [3.63, 3.8) is 0 Å². The summed E-state index contributed by atoms with van der Waals surface area (Å²) in [5.41, 5.74) is 1.94. The van der Waals surface area contributed by atoms with Crippen LogP contribution in [0.1, 0.15) is 18.4 Å².